The molecule has 0 heterocycles. The van der Waals surface area contributed by atoms with Crippen molar-refractivity contribution in [3.05, 3.63) is 35.6 Å². The average molecular weight is 239 g/mol. The average Bonchev–Trinajstić information content (AvgIpc) is 2.35. The molecule has 0 radical (unpaired) electrons. The monoisotopic (exact) mass is 239 g/mol. The van der Waals surface area contributed by atoms with Crippen molar-refractivity contribution < 1.29 is 14.3 Å². The molecule has 17 heavy (non-hydrogen) atoms. The first-order valence-electron chi connectivity index (χ1n) is 5.74. The number of aliphatic hydroxyl groups is 1. The minimum absolute atomic E-state index is 0.356. The highest BCUT2D eigenvalue weighted by Crippen LogP contribution is 2.15. The number of aliphatic hydroxyl groups excluding tert-OH is 1. The minimum atomic E-state index is -1.21. The molecular formula is C13H18FNO2. The third-order valence-corrected chi connectivity index (χ3v) is 2.64. The van der Waals surface area contributed by atoms with Crippen LogP contribution in [0.4, 0.5) is 4.39 Å². The second kappa shape index (κ2) is 6.35. The molecule has 1 aromatic carbocycles. The van der Waals surface area contributed by atoms with E-state index in [-0.39, 0.29) is 11.7 Å². The predicted octanol–water partition coefficient (Wildman–Crippen LogP) is 2.12. The summed E-state index contributed by atoms with van der Waals surface area (Å²) >= 11 is 0. The SMILES string of the molecule is CCCCN(C)C(=O)C(O)c1ccc(F)cc1. The van der Waals surface area contributed by atoms with Crippen molar-refractivity contribution in [1.29, 1.82) is 0 Å². The van der Waals surface area contributed by atoms with Gasteiger partial charge in [-0.05, 0) is 24.1 Å². The number of carbonyl (C=O) groups is 1. The van der Waals surface area contributed by atoms with Crippen LogP contribution in [0.25, 0.3) is 0 Å². The first-order valence-corrected chi connectivity index (χ1v) is 5.74. The van der Waals surface area contributed by atoms with Gasteiger partial charge in [0.1, 0.15) is 5.82 Å². The van der Waals surface area contributed by atoms with E-state index in [1.165, 1.54) is 29.2 Å². The minimum Gasteiger partial charge on any atom is -0.378 e. The van der Waals surface area contributed by atoms with Crippen molar-refractivity contribution in [1.82, 2.24) is 4.90 Å². The molecule has 0 fully saturated rings. The molecule has 1 N–H and O–H groups in total. The lowest BCUT2D eigenvalue weighted by Crippen LogP contribution is -2.32. The first kappa shape index (κ1) is 13.6. The van der Waals surface area contributed by atoms with Gasteiger partial charge in [-0.2, -0.15) is 0 Å². The maximum atomic E-state index is 12.7. The number of unbranched alkanes of at least 4 members (excludes halogenated alkanes) is 1. The highest BCUT2D eigenvalue weighted by Gasteiger charge is 2.20. The van der Waals surface area contributed by atoms with Crippen LogP contribution < -0.4 is 0 Å². The lowest BCUT2D eigenvalue weighted by molar-refractivity contribution is -0.139. The number of rotatable bonds is 5. The third-order valence-electron chi connectivity index (χ3n) is 2.64. The van der Waals surface area contributed by atoms with Crippen LogP contribution in [0.15, 0.2) is 24.3 Å². The fraction of sp³-hybridized carbons (Fsp3) is 0.462. The predicted molar refractivity (Wildman–Crippen MR) is 63.9 cm³/mol. The fourth-order valence-corrected chi connectivity index (χ4v) is 1.50. The summed E-state index contributed by atoms with van der Waals surface area (Å²) in [6, 6.07) is 5.31. The van der Waals surface area contributed by atoms with E-state index in [0.717, 1.165) is 12.8 Å². The molecule has 3 nitrogen and oxygen atoms in total. The van der Waals surface area contributed by atoms with E-state index in [2.05, 4.69) is 0 Å². The van der Waals surface area contributed by atoms with Gasteiger partial charge in [-0.25, -0.2) is 4.39 Å². The van der Waals surface area contributed by atoms with E-state index in [0.29, 0.717) is 12.1 Å². The van der Waals surface area contributed by atoms with Gasteiger partial charge in [0.25, 0.3) is 5.91 Å². The summed E-state index contributed by atoms with van der Waals surface area (Å²) in [7, 11) is 1.66. The lowest BCUT2D eigenvalue weighted by atomic mass is 10.1. The molecule has 1 rings (SSSR count). The molecule has 0 aliphatic carbocycles. The smallest absolute Gasteiger partial charge is 0.255 e. The number of hydrogen-bond acceptors (Lipinski definition) is 2. The Morgan fingerprint density at radius 3 is 2.53 bits per heavy atom. The molecule has 0 aromatic heterocycles. The Kier molecular flexibility index (Phi) is 5.10. The second-order valence-electron chi connectivity index (χ2n) is 4.07. The zero-order chi connectivity index (χ0) is 12.8. The van der Waals surface area contributed by atoms with Crippen LogP contribution in [-0.4, -0.2) is 29.5 Å². The van der Waals surface area contributed by atoms with E-state index < -0.39 is 6.10 Å². The van der Waals surface area contributed by atoms with E-state index in [9.17, 15) is 14.3 Å². The maximum absolute atomic E-state index is 12.7. The summed E-state index contributed by atoms with van der Waals surface area (Å²) in [5.41, 5.74) is 0.416. The van der Waals surface area contributed by atoms with Crippen LogP contribution in [0, 0.1) is 5.82 Å². The number of likely N-dealkylation sites (N-methyl/N-ethyl adjacent to an activating group) is 1. The Hall–Kier alpha value is -1.42. The number of halogens is 1. The van der Waals surface area contributed by atoms with E-state index >= 15 is 0 Å². The second-order valence-corrected chi connectivity index (χ2v) is 4.07. The maximum Gasteiger partial charge on any atom is 0.255 e. The van der Waals surface area contributed by atoms with Gasteiger partial charge in [0.2, 0.25) is 0 Å². The molecule has 1 amide bonds. The van der Waals surface area contributed by atoms with Crippen molar-refractivity contribution in [3.8, 4) is 0 Å². The summed E-state index contributed by atoms with van der Waals surface area (Å²) in [5.74, 6) is -0.738. The molecule has 94 valence electrons. The molecular weight excluding hydrogens is 221 g/mol. The van der Waals surface area contributed by atoms with Gasteiger partial charge >= 0.3 is 0 Å². The standard InChI is InChI=1S/C13H18FNO2/c1-3-4-9-15(2)13(17)12(16)10-5-7-11(14)8-6-10/h5-8,12,16H,3-4,9H2,1-2H3. The molecule has 4 heteroatoms. The molecule has 1 unspecified atom stereocenters. The molecule has 0 saturated heterocycles. The normalized spacial score (nSPS) is 12.2. The van der Waals surface area contributed by atoms with Crippen LogP contribution in [0.2, 0.25) is 0 Å². The Labute approximate surface area is 101 Å². The van der Waals surface area contributed by atoms with Gasteiger partial charge in [-0.3, -0.25) is 4.79 Å². The van der Waals surface area contributed by atoms with Crippen LogP contribution >= 0.6 is 0 Å². The van der Waals surface area contributed by atoms with Crippen molar-refractivity contribution in [2.45, 2.75) is 25.9 Å². The van der Waals surface area contributed by atoms with Gasteiger partial charge < -0.3 is 10.0 Å². The van der Waals surface area contributed by atoms with Gasteiger partial charge in [-0.1, -0.05) is 25.5 Å². The summed E-state index contributed by atoms with van der Waals surface area (Å²) in [6.45, 7) is 2.66. The first-order chi connectivity index (χ1) is 8.06. The van der Waals surface area contributed by atoms with E-state index in [1.807, 2.05) is 6.92 Å². The molecule has 1 aromatic rings. The highest BCUT2D eigenvalue weighted by molar-refractivity contribution is 5.81. The number of benzene rings is 1. The summed E-state index contributed by atoms with van der Waals surface area (Å²) in [6.07, 6.45) is 0.681. The summed E-state index contributed by atoms with van der Waals surface area (Å²) in [5, 5.41) is 9.84. The van der Waals surface area contributed by atoms with Crippen molar-refractivity contribution >= 4 is 5.91 Å². The molecule has 0 aliphatic heterocycles. The molecule has 1 atom stereocenters. The summed E-state index contributed by atoms with van der Waals surface area (Å²) in [4.78, 5) is 13.3. The van der Waals surface area contributed by atoms with Gasteiger partial charge in [0, 0.05) is 13.6 Å². The molecule has 0 saturated carbocycles. The van der Waals surface area contributed by atoms with Crippen molar-refractivity contribution in [3.63, 3.8) is 0 Å². The van der Waals surface area contributed by atoms with Gasteiger partial charge in [0.15, 0.2) is 6.10 Å². The fourth-order valence-electron chi connectivity index (χ4n) is 1.50. The van der Waals surface area contributed by atoms with Crippen LogP contribution in [0.3, 0.4) is 0 Å². The Balaban J connectivity index is 2.65. The Bertz CT molecular complexity index is 364. The number of nitrogens with zero attached hydrogens (tertiary/aromatic N) is 1. The van der Waals surface area contributed by atoms with Crippen LogP contribution in [0.5, 0.6) is 0 Å². The topological polar surface area (TPSA) is 40.5 Å². The summed E-state index contributed by atoms with van der Waals surface area (Å²) < 4.78 is 12.7. The Morgan fingerprint density at radius 1 is 1.41 bits per heavy atom. The van der Waals surface area contributed by atoms with Gasteiger partial charge in [-0.15, -0.1) is 0 Å². The highest BCUT2D eigenvalue weighted by atomic mass is 19.1. The number of hydrogen-bond donors (Lipinski definition) is 1. The van der Waals surface area contributed by atoms with E-state index in [1.54, 1.807) is 7.05 Å². The van der Waals surface area contributed by atoms with Gasteiger partial charge in [0.05, 0.1) is 0 Å². The van der Waals surface area contributed by atoms with E-state index in [4.69, 9.17) is 0 Å². The molecule has 0 spiro atoms. The Morgan fingerprint density at radius 2 is 2.00 bits per heavy atom. The molecule has 0 aliphatic rings. The number of amides is 1. The van der Waals surface area contributed by atoms with Crippen LogP contribution in [0.1, 0.15) is 31.4 Å². The quantitative estimate of drug-likeness (QED) is 0.855. The zero-order valence-electron chi connectivity index (χ0n) is 10.2. The van der Waals surface area contributed by atoms with Crippen LogP contribution in [-0.2, 0) is 4.79 Å². The zero-order valence-corrected chi connectivity index (χ0v) is 10.2. The largest absolute Gasteiger partial charge is 0.378 e. The lowest BCUT2D eigenvalue weighted by Gasteiger charge is -2.20. The third kappa shape index (κ3) is 3.82. The van der Waals surface area contributed by atoms with Crippen molar-refractivity contribution in [2.24, 2.45) is 0 Å². The number of carbonyl (C=O) groups excluding carboxylic acids is 1. The molecule has 0 bridgehead atoms. The van der Waals surface area contributed by atoms with Crippen molar-refractivity contribution in [2.75, 3.05) is 13.6 Å².